The van der Waals surface area contributed by atoms with Crippen molar-refractivity contribution in [2.75, 3.05) is 5.32 Å². The van der Waals surface area contributed by atoms with Gasteiger partial charge in [-0.1, -0.05) is 5.16 Å². The number of amides is 1. The molecule has 2 aromatic heterocycles. The summed E-state index contributed by atoms with van der Waals surface area (Å²) < 4.78 is 4.99. The third kappa shape index (κ3) is 2.66. The van der Waals surface area contributed by atoms with Crippen molar-refractivity contribution < 1.29 is 9.32 Å². The van der Waals surface area contributed by atoms with Crippen molar-refractivity contribution in [2.45, 2.75) is 20.3 Å². The molecule has 1 amide bonds. The van der Waals surface area contributed by atoms with E-state index in [0.717, 1.165) is 11.3 Å². The first kappa shape index (κ1) is 11.3. The van der Waals surface area contributed by atoms with Gasteiger partial charge in [0.1, 0.15) is 5.76 Å². The number of nitrogens with one attached hydrogen (secondary N) is 1. The van der Waals surface area contributed by atoms with Gasteiger partial charge in [-0.3, -0.25) is 10.1 Å². The SMILES string of the molecule is Cc1noc(C)c1CC(=O)Nc1ncccn1. The zero-order chi connectivity index (χ0) is 12.3. The van der Waals surface area contributed by atoms with E-state index in [0.29, 0.717) is 11.7 Å². The van der Waals surface area contributed by atoms with E-state index in [1.807, 2.05) is 0 Å². The van der Waals surface area contributed by atoms with Crippen LogP contribution in [0, 0.1) is 13.8 Å². The lowest BCUT2D eigenvalue weighted by Crippen LogP contribution is -2.16. The molecule has 0 saturated carbocycles. The third-order valence-corrected chi connectivity index (χ3v) is 2.34. The first-order valence-corrected chi connectivity index (χ1v) is 5.15. The second kappa shape index (κ2) is 4.73. The lowest BCUT2D eigenvalue weighted by molar-refractivity contribution is -0.115. The number of hydrogen-bond acceptors (Lipinski definition) is 5. The maximum absolute atomic E-state index is 11.7. The Hall–Kier alpha value is -2.24. The van der Waals surface area contributed by atoms with E-state index >= 15 is 0 Å². The Bertz CT molecular complexity index is 502. The van der Waals surface area contributed by atoms with Gasteiger partial charge in [-0.2, -0.15) is 0 Å². The van der Waals surface area contributed by atoms with Gasteiger partial charge < -0.3 is 4.52 Å². The summed E-state index contributed by atoms with van der Waals surface area (Å²) in [5.41, 5.74) is 1.53. The number of rotatable bonds is 3. The van der Waals surface area contributed by atoms with Crippen LogP contribution in [0.5, 0.6) is 0 Å². The molecule has 0 aliphatic rings. The van der Waals surface area contributed by atoms with Crippen molar-refractivity contribution in [3.8, 4) is 0 Å². The highest BCUT2D eigenvalue weighted by Crippen LogP contribution is 2.13. The van der Waals surface area contributed by atoms with Crippen LogP contribution >= 0.6 is 0 Å². The van der Waals surface area contributed by atoms with Crippen molar-refractivity contribution >= 4 is 11.9 Å². The fraction of sp³-hybridized carbons (Fsp3) is 0.273. The smallest absolute Gasteiger partial charge is 0.231 e. The molecule has 0 aromatic carbocycles. The van der Waals surface area contributed by atoms with Crippen molar-refractivity contribution in [2.24, 2.45) is 0 Å². The Morgan fingerprint density at radius 3 is 2.65 bits per heavy atom. The quantitative estimate of drug-likeness (QED) is 0.861. The molecule has 0 spiro atoms. The molecule has 0 aliphatic carbocycles. The molecule has 2 heterocycles. The molecule has 0 radical (unpaired) electrons. The summed E-state index contributed by atoms with van der Waals surface area (Å²) in [5, 5.41) is 6.39. The number of anilines is 1. The van der Waals surface area contributed by atoms with Gasteiger partial charge in [-0.05, 0) is 19.9 Å². The summed E-state index contributed by atoms with van der Waals surface area (Å²) in [6.07, 6.45) is 3.34. The van der Waals surface area contributed by atoms with Crippen LogP contribution in [0.25, 0.3) is 0 Å². The summed E-state index contributed by atoms with van der Waals surface area (Å²) >= 11 is 0. The van der Waals surface area contributed by atoms with Crippen LogP contribution < -0.4 is 5.32 Å². The maximum atomic E-state index is 11.7. The van der Waals surface area contributed by atoms with Crippen LogP contribution in [0.1, 0.15) is 17.0 Å². The monoisotopic (exact) mass is 232 g/mol. The molecule has 0 saturated heterocycles. The predicted molar refractivity (Wildman–Crippen MR) is 60.3 cm³/mol. The molecule has 0 unspecified atom stereocenters. The van der Waals surface area contributed by atoms with E-state index in [2.05, 4.69) is 20.4 Å². The number of hydrogen-bond donors (Lipinski definition) is 1. The average Bonchev–Trinajstić information content (AvgIpc) is 2.62. The van der Waals surface area contributed by atoms with E-state index in [1.165, 1.54) is 0 Å². The molecule has 0 fully saturated rings. The number of carbonyl (C=O) groups excluding carboxylic acids is 1. The Morgan fingerprint density at radius 1 is 1.35 bits per heavy atom. The van der Waals surface area contributed by atoms with Gasteiger partial charge in [-0.15, -0.1) is 0 Å². The highest BCUT2D eigenvalue weighted by Gasteiger charge is 2.13. The van der Waals surface area contributed by atoms with E-state index < -0.39 is 0 Å². The first-order valence-electron chi connectivity index (χ1n) is 5.15. The minimum Gasteiger partial charge on any atom is -0.361 e. The molecule has 2 aromatic rings. The fourth-order valence-electron chi connectivity index (χ4n) is 1.45. The second-order valence-corrected chi connectivity index (χ2v) is 3.60. The van der Waals surface area contributed by atoms with Crippen LogP contribution in [0.15, 0.2) is 23.0 Å². The van der Waals surface area contributed by atoms with Crippen molar-refractivity contribution in [3.63, 3.8) is 0 Å². The van der Waals surface area contributed by atoms with Crippen LogP contribution in [0.2, 0.25) is 0 Å². The fourth-order valence-corrected chi connectivity index (χ4v) is 1.45. The molecule has 6 heteroatoms. The van der Waals surface area contributed by atoms with Gasteiger partial charge in [0.15, 0.2) is 0 Å². The largest absolute Gasteiger partial charge is 0.361 e. The van der Waals surface area contributed by atoms with Gasteiger partial charge in [0, 0.05) is 18.0 Å². The highest BCUT2D eigenvalue weighted by molar-refractivity contribution is 5.90. The van der Waals surface area contributed by atoms with Crippen molar-refractivity contribution in [1.29, 1.82) is 0 Å². The molecule has 6 nitrogen and oxygen atoms in total. The molecule has 1 N–H and O–H groups in total. The molecule has 0 atom stereocenters. The molecule has 0 bridgehead atoms. The average molecular weight is 232 g/mol. The van der Waals surface area contributed by atoms with Gasteiger partial charge in [0.25, 0.3) is 0 Å². The van der Waals surface area contributed by atoms with Gasteiger partial charge in [-0.25, -0.2) is 9.97 Å². The normalized spacial score (nSPS) is 10.2. The number of nitrogens with zero attached hydrogens (tertiary/aromatic N) is 3. The van der Waals surface area contributed by atoms with Crippen LogP contribution in [-0.2, 0) is 11.2 Å². The van der Waals surface area contributed by atoms with Gasteiger partial charge in [0.2, 0.25) is 11.9 Å². The molecule has 2 rings (SSSR count). The number of carbonyl (C=O) groups is 1. The topological polar surface area (TPSA) is 80.9 Å². The van der Waals surface area contributed by atoms with Crippen molar-refractivity contribution in [3.05, 3.63) is 35.5 Å². The Balaban J connectivity index is 2.03. The van der Waals surface area contributed by atoms with Crippen molar-refractivity contribution in [1.82, 2.24) is 15.1 Å². The minimum atomic E-state index is -0.189. The molecule has 88 valence electrons. The lowest BCUT2D eigenvalue weighted by atomic mass is 10.1. The predicted octanol–water partition coefficient (Wildman–Crippen LogP) is 1.26. The standard InChI is InChI=1S/C11H12N4O2/c1-7-9(8(2)17-15-7)6-10(16)14-11-12-4-3-5-13-11/h3-5H,6H2,1-2H3,(H,12,13,14,16). The number of aryl methyl sites for hydroxylation is 2. The summed E-state index contributed by atoms with van der Waals surface area (Å²) in [7, 11) is 0. The summed E-state index contributed by atoms with van der Waals surface area (Å²) in [6, 6.07) is 1.68. The Labute approximate surface area is 98.1 Å². The molecule has 17 heavy (non-hydrogen) atoms. The summed E-state index contributed by atoms with van der Waals surface area (Å²) in [4.78, 5) is 19.5. The Morgan fingerprint density at radius 2 is 2.06 bits per heavy atom. The molecular formula is C11H12N4O2. The third-order valence-electron chi connectivity index (χ3n) is 2.34. The molecule has 0 aliphatic heterocycles. The maximum Gasteiger partial charge on any atom is 0.231 e. The minimum absolute atomic E-state index is 0.189. The zero-order valence-corrected chi connectivity index (χ0v) is 9.60. The van der Waals surface area contributed by atoms with Gasteiger partial charge >= 0.3 is 0 Å². The van der Waals surface area contributed by atoms with Crippen LogP contribution in [0.4, 0.5) is 5.95 Å². The van der Waals surface area contributed by atoms with Crippen LogP contribution in [-0.4, -0.2) is 21.0 Å². The molecular weight excluding hydrogens is 220 g/mol. The van der Waals surface area contributed by atoms with E-state index in [4.69, 9.17) is 4.52 Å². The van der Waals surface area contributed by atoms with E-state index in [1.54, 1.807) is 32.3 Å². The number of aromatic nitrogens is 3. The first-order chi connectivity index (χ1) is 8.16. The zero-order valence-electron chi connectivity index (χ0n) is 9.60. The van der Waals surface area contributed by atoms with E-state index in [9.17, 15) is 4.79 Å². The lowest BCUT2D eigenvalue weighted by Gasteiger charge is -2.02. The Kier molecular flexibility index (Phi) is 3.13. The van der Waals surface area contributed by atoms with Crippen LogP contribution in [0.3, 0.4) is 0 Å². The summed E-state index contributed by atoms with van der Waals surface area (Å²) in [5.74, 6) is 0.765. The van der Waals surface area contributed by atoms with E-state index in [-0.39, 0.29) is 12.3 Å². The van der Waals surface area contributed by atoms with Gasteiger partial charge in [0.05, 0.1) is 12.1 Å². The highest BCUT2D eigenvalue weighted by atomic mass is 16.5. The summed E-state index contributed by atoms with van der Waals surface area (Å²) in [6.45, 7) is 3.58. The second-order valence-electron chi connectivity index (χ2n) is 3.60.